The molecule has 1 aromatic rings. The van der Waals surface area contributed by atoms with E-state index in [0.29, 0.717) is 17.4 Å². The number of benzene rings is 1. The molecule has 0 atom stereocenters. The number of rotatable bonds is 4. The van der Waals surface area contributed by atoms with Crippen molar-refractivity contribution in [2.24, 2.45) is 0 Å². The van der Waals surface area contributed by atoms with Crippen molar-refractivity contribution >= 4 is 35.0 Å². The number of carbonyl (C=O) groups excluding carboxylic acids is 1. The van der Waals surface area contributed by atoms with Gasteiger partial charge in [-0.1, -0.05) is 13.0 Å². The highest BCUT2D eigenvalue weighted by atomic mass is 32.1. The van der Waals surface area contributed by atoms with Crippen LogP contribution in [0.4, 0.5) is 5.69 Å². The van der Waals surface area contributed by atoms with Gasteiger partial charge in [-0.3, -0.25) is 9.69 Å². The Morgan fingerprint density at radius 2 is 2.04 bits per heavy atom. The number of hydrogen-bond acceptors (Lipinski definition) is 3. The molecule has 0 spiro atoms. The summed E-state index contributed by atoms with van der Waals surface area (Å²) in [5.41, 5.74) is 4.15. The highest BCUT2D eigenvalue weighted by molar-refractivity contribution is 7.80. The molecule has 5 heteroatoms. The monoisotopic (exact) mass is 329 g/mol. The quantitative estimate of drug-likeness (QED) is 0.680. The van der Waals surface area contributed by atoms with E-state index >= 15 is 0 Å². The SMILES string of the molecule is CCCN1C(=O)/C(=C\c2ccc(N3CCCC3)c(C)c2)NC1=S. The molecular weight excluding hydrogens is 306 g/mol. The Hall–Kier alpha value is -1.88. The third-order valence-electron chi connectivity index (χ3n) is 4.39. The summed E-state index contributed by atoms with van der Waals surface area (Å²) in [6.07, 6.45) is 5.33. The number of anilines is 1. The van der Waals surface area contributed by atoms with Crippen molar-refractivity contribution in [3.63, 3.8) is 0 Å². The molecule has 1 aromatic carbocycles. The normalized spacial score (nSPS) is 19.8. The zero-order chi connectivity index (χ0) is 16.4. The van der Waals surface area contributed by atoms with Gasteiger partial charge >= 0.3 is 0 Å². The van der Waals surface area contributed by atoms with Crippen LogP contribution in [0.1, 0.15) is 37.3 Å². The molecule has 2 heterocycles. The molecule has 0 aliphatic carbocycles. The van der Waals surface area contributed by atoms with Crippen LogP contribution in [0.15, 0.2) is 23.9 Å². The highest BCUT2D eigenvalue weighted by Crippen LogP contribution is 2.26. The summed E-state index contributed by atoms with van der Waals surface area (Å²) in [7, 11) is 0. The molecule has 2 fully saturated rings. The van der Waals surface area contributed by atoms with Gasteiger partial charge < -0.3 is 10.2 Å². The number of thiocarbonyl (C=S) groups is 1. The highest BCUT2D eigenvalue weighted by Gasteiger charge is 2.29. The first-order valence-electron chi connectivity index (χ1n) is 8.30. The molecule has 23 heavy (non-hydrogen) atoms. The molecule has 2 aliphatic heterocycles. The Kier molecular flexibility index (Phi) is 4.66. The molecule has 2 aliphatic rings. The summed E-state index contributed by atoms with van der Waals surface area (Å²) in [5, 5.41) is 3.54. The fourth-order valence-electron chi connectivity index (χ4n) is 3.25. The van der Waals surface area contributed by atoms with Gasteiger partial charge in [0.25, 0.3) is 5.91 Å². The van der Waals surface area contributed by atoms with Crippen LogP contribution in [-0.4, -0.2) is 35.6 Å². The van der Waals surface area contributed by atoms with Crippen molar-refractivity contribution in [3.05, 3.63) is 35.0 Å². The molecular formula is C18H23N3OS. The van der Waals surface area contributed by atoms with E-state index in [0.717, 1.165) is 25.1 Å². The van der Waals surface area contributed by atoms with Gasteiger partial charge in [0.1, 0.15) is 5.70 Å². The Morgan fingerprint density at radius 3 is 2.70 bits per heavy atom. The maximum Gasteiger partial charge on any atom is 0.276 e. The molecule has 0 unspecified atom stereocenters. The van der Waals surface area contributed by atoms with Gasteiger partial charge in [-0.25, -0.2) is 0 Å². The van der Waals surface area contributed by atoms with E-state index in [4.69, 9.17) is 12.2 Å². The van der Waals surface area contributed by atoms with Crippen molar-refractivity contribution in [2.45, 2.75) is 33.1 Å². The van der Waals surface area contributed by atoms with Crippen molar-refractivity contribution in [3.8, 4) is 0 Å². The lowest BCUT2D eigenvalue weighted by Gasteiger charge is -2.20. The van der Waals surface area contributed by atoms with Gasteiger partial charge in [-0.05, 0) is 67.7 Å². The second-order valence-electron chi connectivity index (χ2n) is 6.19. The van der Waals surface area contributed by atoms with E-state index in [-0.39, 0.29) is 5.91 Å². The van der Waals surface area contributed by atoms with Crippen LogP contribution in [0.3, 0.4) is 0 Å². The molecule has 2 saturated heterocycles. The number of nitrogens with one attached hydrogen (secondary N) is 1. The molecule has 1 N–H and O–H groups in total. The Labute approximate surface area is 143 Å². The molecule has 1 amide bonds. The fourth-order valence-corrected chi connectivity index (χ4v) is 3.53. The largest absolute Gasteiger partial charge is 0.371 e. The lowest BCUT2D eigenvalue weighted by molar-refractivity contribution is -0.122. The first kappa shape index (κ1) is 16.0. The summed E-state index contributed by atoms with van der Waals surface area (Å²) in [4.78, 5) is 16.4. The fraction of sp³-hybridized carbons (Fsp3) is 0.444. The van der Waals surface area contributed by atoms with Gasteiger partial charge in [0, 0.05) is 25.3 Å². The minimum atomic E-state index is -0.0295. The van der Waals surface area contributed by atoms with E-state index in [1.54, 1.807) is 4.90 Å². The summed E-state index contributed by atoms with van der Waals surface area (Å²) >= 11 is 5.24. The molecule has 3 rings (SSSR count). The first-order valence-corrected chi connectivity index (χ1v) is 8.71. The van der Waals surface area contributed by atoms with Crippen molar-refractivity contribution in [2.75, 3.05) is 24.5 Å². The molecule has 122 valence electrons. The average Bonchev–Trinajstić information content (AvgIpc) is 3.13. The van der Waals surface area contributed by atoms with Gasteiger partial charge in [-0.2, -0.15) is 0 Å². The Balaban J connectivity index is 1.81. The van der Waals surface area contributed by atoms with Gasteiger partial charge in [0.05, 0.1) is 0 Å². The van der Waals surface area contributed by atoms with E-state index in [2.05, 4.69) is 35.3 Å². The first-order chi connectivity index (χ1) is 11.1. The van der Waals surface area contributed by atoms with Gasteiger partial charge in [-0.15, -0.1) is 0 Å². The standard InChI is InChI=1S/C18H23N3OS/c1-3-8-21-17(22)15(19-18(21)23)12-14-6-7-16(13(2)11-14)20-9-4-5-10-20/h6-7,11-12H,3-5,8-10H2,1-2H3,(H,19,23)/b15-12+. The van der Waals surface area contributed by atoms with Gasteiger partial charge in [0.15, 0.2) is 5.11 Å². The van der Waals surface area contributed by atoms with Crippen molar-refractivity contribution in [1.29, 1.82) is 0 Å². The summed E-state index contributed by atoms with van der Waals surface area (Å²) in [5.74, 6) is -0.0295. The van der Waals surface area contributed by atoms with Crippen LogP contribution in [-0.2, 0) is 4.79 Å². The summed E-state index contributed by atoms with van der Waals surface area (Å²) < 4.78 is 0. The van der Waals surface area contributed by atoms with E-state index in [1.165, 1.54) is 24.1 Å². The van der Waals surface area contributed by atoms with E-state index < -0.39 is 0 Å². The maximum absolute atomic E-state index is 12.4. The average molecular weight is 329 g/mol. The second-order valence-corrected chi connectivity index (χ2v) is 6.57. The van der Waals surface area contributed by atoms with Crippen LogP contribution in [0.25, 0.3) is 6.08 Å². The van der Waals surface area contributed by atoms with Crippen LogP contribution < -0.4 is 10.2 Å². The van der Waals surface area contributed by atoms with Crippen LogP contribution in [0, 0.1) is 6.92 Å². The topological polar surface area (TPSA) is 35.6 Å². The smallest absolute Gasteiger partial charge is 0.276 e. The number of carbonyl (C=O) groups is 1. The molecule has 0 bridgehead atoms. The molecule has 4 nitrogen and oxygen atoms in total. The molecule has 0 radical (unpaired) electrons. The molecule has 0 saturated carbocycles. The van der Waals surface area contributed by atoms with Crippen molar-refractivity contribution in [1.82, 2.24) is 10.2 Å². The lowest BCUT2D eigenvalue weighted by atomic mass is 10.1. The maximum atomic E-state index is 12.4. The van der Waals surface area contributed by atoms with Crippen LogP contribution in [0.2, 0.25) is 0 Å². The Bertz CT molecular complexity index is 662. The van der Waals surface area contributed by atoms with Crippen molar-refractivity contribution < 1.29 is 4.79 Å². The predicted octanol–water partition coefficient (Wildman–Crippen LogP) is 3.06. The lowest BCUT2D eigenvalue weighted by Crippen LogP contribution is -2.31. The zero-order valence-corrected chi connectivity index (χ0v) is 14.6. The van der Waals surface area contributed by atoms with E-state index in [1.807, 2.05) is 13.0 Å². The minimum absolute atomic E-state index is 0.0295. The van der Waals surface area contributed by atoms with E-state index in [9.17, 15) is 4.79 Å². The number of hydrogen-bond donors (Lipinski definition) is 1. The number of nitrogens with zero attached hydrogens (tertiary/aromatic N) is 2. The third-order valence-corrected chi connectivity index (χ3v) is 4.71. The number of aryl methyl sites for hydroxylation is 1. The third kappa shape index (κ3) is 3.24. The second kappa shape index (κ2) is 6.71. The molecule has 0 aromatic heterocycles. The predicted molar refractivity (Wildman–Crippen MR) is 98.3 cm³/mol. The zero-order valence-electron chi connectivity index (χ0n) is 13.8. The van der Waals surface area contributed by atoms with Crippen LogP contribution in [0.5, 0.6) is 0 Å². The van der Waals surface area contributed by atoms with Crippen LogP contribution >= 0.6 is 12.2 Å². The summed E-state index contributed by atoms with van der Waals surface area (Å²) in [6.45, 7) is 7.11. The summed E-state index contributed by atoms with van der Waals surface area (Å²) in [6, 6.07) is 6.38. The van der Waals surface area contributed by atoms with Gasteiger partial charge in [0.2, 0.25) is 0 Å². The number of amides is 1. The Morgan fingerprint density at radius 1 is 1.30 bits per heavy atom. The minimum Gasteiger partial charge on any atom is -0.371 e.